The van der Waals surface area contributed by atoms with Crippen LogP contribution in [0.2, 0.25) is 0 Å². The van der Waals surface area contributed by atoms with Crippen LogP contribution in [-0.2, 0) is 4.79 Å². The summed E-state index contributed by atoms with van der Waals surface area (Å²) in [6, 6.07) is 0. The molecule has 2 atom stereocenters. The Morgan fingerprint density at radius 3 is 2.14 bits per heavy atom. The lowest BCUT2D eigenvalue weighted by Crippen LogP contribution is -2.59. The topological polar surface area (TPSA) is 20.3 Å². The molecule has 2 nitrogen and oxygen atoms in total. The molecule has 1 heterocycles. The fraction of sp³-hybridized carbons (Fsp3) is 0.947. The van der Waals surface area contributed by atoms with Crippen molar-refractivity contribution in [3.8, 4) is 0 Å². The smallest absolute Gasteiger partial charge is 0.153 e. The van der Waals surface area contributed by atoms with E-state index in [1.54, 1.807) is 0 Å². The molecular weight excluding hydrogens is 258 g/mol. The molecule has 0 spiro atoms. The summed E-state index contributed by atoms with van der Waals surface area (Å²) in [5.41, 5.74) is 0.984. The number of ketones is 1. The summed E-state index contributed by atoms with van der Waals surface area (Å²) in [6.07, 6.45) is 11.7. The first-order valence-electron chi connectivity index (χ1n) is 9.16. The molecule has 0 aromatic rings. The van der Waals surface area contributed by atoms with Crippen molar-refractivity contribution < 1.29 is 4.79 Å². The summed E-state index contributed by atoms with van der Waals surface area (Å²) >= 11 is 0. The molecular formula is C19H31NO. The van der Waals surface area contributed by atoms with E-state index in [1.165, 1.54) is 57.8 Å². The normalized spacial score (nSPS) is 49.5. The number of carbonyl (C=O) groups is 1. The highest BCUT2D eigenvalue weighted by atomic mass is 16.1. The van der Waals surface area contributed by atoms with Crippen molar-refractivity contribution in [2.45, 2.75) is 71.6 Å². The van der Waals surface area contributed by atoms with E-state index in [1.807, 2.05) is 0 Å². The van der Waals surface area contributed by atoms with Gasteiger partial charge in [0, 0.05) is 5.41 Å². The van der Waals surface area contributed by atoms with E-state index in [4.69, 9.17) is 0 Å². The van der Waals surface area contributed by atoms with E-state index in [9.17, 15) is 4.79 Å². The third kappa shape index (κ3) is 2.38. The lowest BCUT2D eigenvalue weighted by molar-refractivity contribution is -0.169. The maximum Gasteiger partial charge on any atom is 0.153 e. The van der Waals surface area contributed by atoms with Gasteiger partial charge in [-0.05, 0) is 81.2 Å². The third-order valence-electron chi connectivity index (χ3n) is 7.03. The number of nitrogens with zero attached hydrogens (tertiary/aromatic N) is 1. The second kappa shape index (κ2) is 4.57. The Kier molecular flexibility index (Phi) is 3.10. The van der Waals surface area contributed by atoms with Crippen molar-refractivity contribution in [2.24, 2.45) is 22.2 Å². The Hall–Kier alpha value is -0.370. The third-order valence-corrected chi connectivity index (χ3v) is 7.03. The first-order valence-corrected chi connectivity index (χ1v) is 9.16. The number of hydrogen-bond acceptors (Lipinski definition) is 2. The molecule has 0 aromatic heterocycles. The molecule has 1 saturated heterocycles. The summed E-state index contributed by atoms with van der Waals surface area (Å²) in [7, 11) is 0. The molecule has 4 bridgehead atoms. The van der Waals surface area contributed by atoms with Crippen LogP contribution in [0.3, 0.4) is 0 Å². The number of carbonyl (C=O) groups excluding carboxylic acids is 1. The van der Waals surface area contributed by atoms with Crippen LogP contribution < -0.4 is 0 Å². The van der Waals surface area contributed by atoms with Gasteiger partial charge in [-0.25, -0.2) is 0 Å². The molecule has 0 amide bonds. The van der Waals surface area contributed by atoms with Crippen LogP contribution in [0, 0.1) is 22.2 Å². The van der Waals surface area contributed by atoms with Gasteiger partial charge in [0.15, 0.2) is 5.78 Å². The number of piperidine rings is 1. The van der Waals surface area contributed by atoms with Crippen molar-refractivity contribution in [3.63, 3.8) is 0 Å². The number of hydrogen-bond donors (Lipinski definition) is 0. The SMILES string of the molecule is CC12CC3CC(C)(C1)CC(C(=O)CN1CCCCC1)(C3)C2. The minimum Gasteiger partial charge on any atom is -0.298 e. The molecule has 2 heteroatoms. The monoisotopic (exact) mass is 289 g/mol. The van der Waals surface area contributed by atoms with Crippen LogP contribution in [0.15, 0.2) is 0 Å². The molecule has 0 radical (unpaired) electrons. The van der Waals surface area contributed by atoms with E-state index in [0.29, 0.717) is 16.6 Å². The van der Waals surface area contributed by atoms with Crippen molar-refractivity contribution in [1.29, 1.82) is 0 Å². The van der Waals surface area contributed by atoms with Gasteiger partial charge in [0.25, 0.3) is 0 Å². The predicted molar refractivity (Wildman–Crippen MR) is 85.1 cm³/mol. The van der Waals surface area contributed by atoms with Crippen molar-refractivity contribution in [3.05, 3.63) is 0 Å². The molecule has 1 aliphatic heterocycles. The second-order valence-electron chi connectivity index (χ2n) is 9.67. The van der Waals surface area contributed by atoms with Crippen LogP contribution in [0.5, 0.6) is 0 Å². The fourth-order valence-electron chi connectivity index (χ4n) is 7.25. The maximum absolute atomic E-state index is 13.2. The van der Waals surface area contributed by atoms with Gasteiger partial charge in [-0.2, -0.15) is 0 Å². The van der Waals surface area contributed by atoms with E-state index < -0.39 is 0 Å². The highest BCUT2D eigenvalue weighted by molar-refractivity contribution is 5.87. The van der Waals surface area contributed by atoms with Crippen molar-refractivity contribution >= 4 is 5.78 Å². The van der Waals surface area contributed by atoms with Gasteiger partial charge < -0.3 is 0 Å². The van der Waals surface area contributed by atoms with Gasteiger partial charge in [0.05, 0.1) is 6.54 Å². The summed E-state index contributed by atoms with van der Waals surface area (Å²) in [4.78, 5) is 15.6. The zero-order valence-electron chi connectivity index (χ0n) is 13.9. The highest BCUT2D eigenvalue weighted by Crippen LogP contribution is 2.69. The van der Waals surface area contributed by atoms with Gasteiger partial charge >= 0.3 is 0 Å². The molecule has 5 fully saturated rings. The quantitative estimate of drug-likeness (QED) is 0.781. The Balaban J connectivity index is 1.54. The summed E-state index contributed by atoms with van der Waals surface area (Å²) in [5, 5.41) is 0. The summed E-state index contributed by atoms with van der Waals surface area (Å²) in [6.45, 7) is 8.00. The van der Waals surface area contributed by atoms with Crippen LogP contribution in [0.25, 0.3) is 0 Å². The molecule has 0 aromatic carbocycles. The Morgan fingerprint density at radius 2 is 1.57 bits per heavy atom. The van der Waals surface area contributed by atoms with E-state index in [-0.39, 0.29) is 5.41 Å². The molecule has 118 valence electrons. The lowest BCUT2D eigenvalue weighted by atomic mass is 9.39. The van der Waals surface area contributed by atoms with Gasteiger partial charge in [0.1, 0.15) is 0 Å². The largest absolute Gasteiger partial charge is 0.298 e. The molecule has 2 unspecified atom stereocenters. The van der Waals surface area contributed by atoms with Gasteiger partial charge in [0.2, 0.25) is 0 Å². The van der Waals surface area contributed by atoms with Crippen LogP contribution >= 0.6 is 0 Å². The Morgan fingerprint density at radius 1 is 0.952 bits per heavy atom. The Labute approximate surface area is 129 Å². The van der Waals surface area contributed by atoms with Crippen molar-refractivity contribution in [1.82, 2.24) is 4.90 Å². The maximum atomic E-state index is 13.2. The molecule has 4 saturated carbocycles. The number of Topliss-reactive ketones (excluding diaryl/α,β-unsaturated/α-hetero) is 1. The molecule has 4 aliphatic carbocycles. The van der Waals surface area contributed by atoms with Gasteiger partial charge in [-0.15, -0.1) is 0 Å². The molecule has 5 aliphatic rings. The second-order valence-corrected chi connectivity index (χ2v) is 9.67. The van der Waals surface area contributed by atoms with E-state index in [0.717, 1.165) is 25.6 Å². The first-order chi connectivity index (χ1) is 9.91. The summed E-state index contributed by atoms with van der Waals surface area (Å²) in [5.74, 6) is 1.44. The highest BCUT2D eigenvalue weighted by Gasteiger charge is 2.62. The van der Waals surface area contributed by atoms with Gasteiger partial charge in [-0.3, -0.25) is 9.69 Å². The Bertz CT molecular complexity index is 432. The standard InChI is InChI=1S/C19H31NO/c1-17-8-15-9-18(2,12-17)14-19(10-15,13-17)16(21)11-20-6-4-3-5-7-20/h15H,3-14H2,1-2H3. The minimum absolute atomic E-state index is 0.0559. The lowest BCUT2D eigenvalue weighted by Gasteiger charge is -2.65. The van der Waals surface area contributed by atoms with Crippen molar-refractivity contribution in [2.75, 3.05) is 19.6 Å². The van der Waals surface area contributed by atoms with E-state index in [2.05, 4.69) is 18.7 Å². The van der Waals surface area contributed by atoms with E-state index >= 15 is 0 Å². The summed E-state index contributed by atoms with van der Waals surface area (Å²) < 4.78 is 0. The van der Waals surface area contributed by atoms with Gasteiger partial charge in [-0.1, -0.05) is 20.3 Å². The molecule has 0 N–H and O–H groups in total. The zero-order valence-corrected chi connectivity index (χ0v) is 13.9. The zero-order chi connectivity index (χ0) is 14.7. The fourth-order valence-corrected chi connectivity index (χ4v) is 7.25. The predicted octanol–water partition coefficient (Wildman–Crippen LogP) is 4.04. The number of likely N-dealkylation sites (tertiary alicyclic amines) is 1. The average molecular weight is 289 g/mol. The number of rotatable bonds is 3. The molecule has 21 heavy (non-hydrogen) atoms. The van der Waals surface area contributed by atoms with Crippen LogP contribution in [-0.4, -0.2) is 30.3 Å². The first kappa shape index (κ1) is 14.2. The van der Waals surface area contributed by atoms with Crippen LogP contribution in [0.4, 0.5) is 0 Å². The van der Waals surface area contributed by atoms with Crippen LogP contribution in [0.1, 0.15) is 71.6 Å². The molecule has 5 rings (SSSR count). The minimum atomic E-state index is 0.0559. The average Bonchev–Trinajstić information content (AvgIpc) is 2.35.